The van der Waals surface area contributed by atoms with Crippen LogP contribution in [-0.4, -0.2) is 33.4 Å². The largest absolute Gasteiger partial charge is 0.493 e. The molecule has 7 nitrogen and oxygen atoms in total. The highest BCUT2D eigenvalue weighted by molar-refractivity contribution is 5.85. The maximum atomic E-state index is 5.98. The van der Waals surface area contributed by atoms with Crippen LogP contribution in [0.4, 0.5) is 0 Å². The van der Waals surface area contributed by atoms with Gasteiger partial charge in [0.05, 0.1) is 12.8 Å². The first-order valence-corrected chi connectivity index (χ1v) is 10.7. The summed E-state index contributed by atoms with van der Waals surface area (Å²) in [4.78, 5) is 0. The number of nitrogens with one attached hydrogen (secondary N) is 1. The molecule has 1 heterocycles. The van der Waals surface area contributed by atoms with Crippen LogP contribution in [0.25, 0.3) is 5.69 Å². The Morgan fingerprint density at radius 3 is 2.36 bits per heavy atom. The minimum absolute atomic E-state index is 0. The fourth-order valence-corrected chi connectivity index (χ4v) is 3.40. The van der Waals surface area contributed by atoms with Gasteiger partial charge in [-0.3, -0.25) is 0 Å². The van der Waals surface area contributed by atoms with Crippen LogP contribution in [-0.2, 0) is 13.0 Å². The minimum Gasteiger partial charge on any atom is -0.493 e. The van der Waals surface area contributed by atoms with Crippen molar-refractivity contribution in [3.8, 4) is 23.2 Å². The third-order valence-corrected chi connectivity index (χ3v) is 5.23. The van der Waals surface area contributed by atoms with E-state index in [0.29, 0.717) is 17.5 Å². The monoisotopic (exact) mass is 465 g/mol. The summed E-state index contributed by atoms with van der Waals surface area (Å²) in [6, 6.07) is 26.7. The van der Waals surface area contributed by atoms with Crippen LogP contribution < -0.4 is 14.8 Å². The molecule has 3 aromatic carbocycles. The van der Waals surface area contributed by atoms with E-state index in [9.17, 15) is 0 Å². The topological polar surface area (TPSA) is 74.1 Å². The van der Waals surface area contributed by atoms with Gasteiger partial charge in [-0.2, -0.15) is 4.68 Å². The summed E-state index contributed by atoms with van der Waals surface area (Å²) in [6.45, 7) is 2.95. The van der Waals surface area contributed by atoms with E-state index in [4.69, 9.17) is 9.47 Å². The van der Waals surface area contributed by atoms with Crippen LogP contribution >= 0.6 is 12.4 Å². The lowest BCUT2D eigenvalue weighted by atomic mass is 10.1. The first-order valence-electron chi connectivity index (χ1n) is 10.7. The van der Waals surface area contributed by atoms with E-state index in [-0.39, 0.29) is 18.4 Å². The zero-order valence-electron chi connectivity index (χ0n) is 18.7. The summed E-state index contributed by atoms with van der Waals surface area (Å²) in [7, 11) is 1.63. The van der Waals surface area contributed by atoms with Crippen molar-refractivity contribution in [1.82, 2.24) is 25.5 Å². The Labute approximate surface area is 200 Å². The molecule has 0 aliphatic rings. The molecule has 1 aromatic heterocycles. The molecular weight excluding hydrogens is 438 g/mol. The van der Waals surface area contributed by atoms with Crippen molar-refractivity contribution in [2.24, 2.45) is 0 Å². The molecule has 0 aliphatic heterocycles. The first kappa shape index (κ1) is 24.2. The van der Waals surface area contributed by atoms with E-state index in [0.717, 1.165) is 30.6 Å². The highest BCUT2D eigenvalue weighted by Crippen LogP contribution is 2.32. The molecule has 0 saturated heterocycles. The number of benzene rings is 3. The number of tetrazole rings is 1. The van der Waals surface area contributed by atoms with E-state index in [1.165, 1.54) is 5.56 Å². The van der Waals surface area contributed by atoms with Crippen LogP contribution in [0.3, 0.4) is 0 Å². The number of ether oxygens (including phenoxy) is 2. The maximum absolute atomic E-state index is 5.98. The number of rotatable bonds is 10. The van der Waals surface area contributed by atoms with Crippen molar-refractivity contribution in [1.29, 1.82) is 0 Å². The highest BCUT2D eigenvalue weighted by atomic mass is 35.5. The number of aryl methyl sites for hydroxylation is 1. The van der Waals surface area contributed by atoms with Crippen molar-refractivity contribution < 1.29 is 9.47 Å². The molecule has 1 unspecified atom stereocenters. The third kappa shape index (κ3) is 6.54. The Balaban J connectivity index is 0.00000306. The van der Waals surface area contributed by atoms with Crippen molar-refractivity contribution >= 4 is 12.4 Å². The Morgan fingerprint density at radius 1 is 0.909 bits per heavy atom. The first-order chi connectivity index (χ1) is 15.7. The van der Waals surface area contributed by atoms with Gasteiger partial charge in [0.25, 0.3) is 0 Å². The van der Waals surface area contributed by atoms with Crippen LogP contribution in [0, 0.1) is 0 Å². The number of aromatic nitrogens is 4. The molecule has 0 saturated carbocycles. The van der Waals surface area contributed by atoms with Gasteiger partial charge in [0, 0.05) is 12.6 Å². The number of hydrogen-bond donors (Lipinski definition) is 1. The standard InChI is InChI=1S/C25H27N5O2.ClH/c1-19(13-14-20-9-5-3-6-10-20)26-18-21-15-16-23(24(17-21)31-2)32-25-27-28-29-30(25)22-11-7-4-8-12-22;/h3-12,15-17,19,26H,13-14,18H2,1-2H3;1H. The van der Waals surface area contributed by atoms with Gasteiger partial charge in [-0.05, 0) is 65.6 Å². The van der Waals surface area contributed by atoms with Crippen LogP contribution in [0.15, 0.2) is 78.9 Å². The fraction of sp³-hybridized carbons (Fsp3) is 0.240. The molecule has 0 spiro atoms. The average molecular weight is 466 g/mol. The summed E-state index contributed by atoms with van der Waals surface area (Å²) in [6.07, 6.45) is 2.13. The van der Waals surface area contributed by atoms with E-state index >= 15 is 0 Å². The van der Waals surface area contributed by atoms with Gasteiger partial charge >= 0.3 is 6.01 Å². The van der Waals surface area contributed by atoms with Crippen LogP contribution in [0.5, 0.6) is 17.5 Å². The van der Waals surface area contributed by atoms with E-state index in [1.54, 1.807) is 11.8 Å². The quantitative estimate of drug-likeness (QED) is 0.355. The fourth-order valence-electron chi connectivity index (χ4n) is 3.40. The molecule has 8 heteroatoms. The predicted molar refractivity (Wildman–Crippen MR) is 131 cm³/mol. The van der Waals surface area contributed by atoms with E-state index < -0.39 is 0 Å². The molecule has 172 valence electrons. The summed E-state index contributed by atoms with van der Waals surface area (Å²) < 4.78 is 13.1. The van der Waals surface area contributed by atoms with Crippen molar-refractivity contribution in [2.75, 3.05) is 7.11 Å². The van der Waals surface area contributed by atoms with Gasteiger partial charge in [0.2, 0.25) is 0 Å². The normalized spacial score (nSPS) is 11.5. The molecule has 0 aliphatic carbocycles. The second kappa shape index (κ2) is 12.0. The second-order valence-corrected chi connectivity index (χ2v) is 7.60. The lowest BCUT2D eigenvalue weighted by Gasteiger charge is -2.15. The molecule has 0 fully saturated rings. The molecule has 0 amide bonds. The summed E-state index contributed by atoms with van der Waals surface area (Å²) in [5.41, 5.74) is 3.29. The van der Waals surface area contributed by atoms with Crippen molar-refractivity contribution in [3.05, 3.63) is 90.0 Å². The lowest BCUT2D eigenvalue weighted by molar-refractivity contribution is 0.362. The molecule has 4 rings (SSSR count). The van der Waals surface area contributed by atoms with Gasteiger partial charge in [0.1, 0.15) is 0 Å². The zero-order valence-corrected chi connectivity index (χ0v) is 19.5. The van der Waals surface area contributed by atoms with Gasteiger partial charge in [0.15, 0.2) is 11.5 Å². The molecular formula is C25H28ClN5O2. The summed E-state index contributed by atoms with van der Waals surface area (Å²) in [5.74, 6) is 1.18. The smallest absolute Gasteiger partial charge is 0.346 e. The summed E-state index contributed by atoms with van der Waals surface area (Å²) in [5, 5.41) is 15.4. The van der Waals surface area contributed by atoms with E-state index in [2.05, 4.69) is 52.0 Å². The highest BCUT2D eigenvalue weighted by Gasteiger charge is 2.14. The molecule has 33 heavy (non-hydrogen) atoms. The number of methoxy groups -OCH3 is 1. The maximum Gasteiger partial charge on any atom is 0.346 e. The molecule has 1 N–H and O–H groups in total. The number of nitrogens with zero attached hydrogens (tertiary/aromatic N) is 4. The lowest BCUT2D eigenvalue weighted by Crippen LogP contribution is -2.26. The van der Waals surface area contributed by atoms with Crippen LogP contribution in [0.2, 0.25) is 0 Å². The number of para-hydroxylation sites is 1. The Bertz CT molecular complexity index is 1120. The van der Waals surface area contributed by atoms with Gasteiger partial charge in [-0.1, -0.05) is 59.7 Å². The second-order valence-electron chi connectivity index (χ2n) is 7.60. The Kier molecular flexibility index (Phi) is 8.80. The Morgan fingerprint density at radius 2 is 1.64 bits per heavy atom. The van der Waals surface area contributed by atoms with Gasteiger partial charge in [-0.25, -0.2) is 0 Å². The van der Waals surface area contributed by atoms with Crippen LogP contribution in [0.1, 0.15) is 24.5 Å². The molecule has 1 atom stereocenters. The Hall–Kier alpha value is -3.42. The van der Waals surface area contributed by atoms with Crippen molar-refractivity contribution in [3.63, 3.8) is 0 Å². The van der Waals surface area contributed by atoms with Crippen molar-refractivity contribution in [2.45, 2.75) is 32.4 Å². The SMILES string of the molecule is COc1cc(CNC(C)CCc2ccccc2)ccc1Oc1nnnn1-c1ccccc1.Cl. The predicted octanol–water partition coefficient (Wildman–Crippen LogP) is 5.00. The molecule has 0 radical (unpaired) electrons. The molecule has 0 bridgehead atoms. The third-order valence-electron chi connectivity index (χ3n) is 5.23. The minimum atomic E-state index is 0. The number of halogens is 1. The zero-order chi connectivity index (χ0) is 22.2. The van der Waals surface area contributed by atoms with Gasteiger partial charge < -0.3 is 14.8 Å². The van der Waals surface area contributed by atoms with Gasteiger partial charge in [-0.15, -0.1) is 12.4 Å². The number of hydrogen-bond acceptors (Lipinski definition) is 6. The average Bonchev–Trinajstić information content (AvgIpc) is 3.31. The van der Waals surface area contributed by atoms with E-state index in [1.807, 2.05) is 54.6 Å². The molecule has 4 aromatic rings. The summed E-state index contributed by atoms with van der Waals surface area (Å²) >= 11 is 0.